The van der Waals surface area contributed by atoms with Gasteiger partial charge in [0.1, 0.15) is 11.2 Å². The van der Waals surface area contributed by atoms with Crippen molar-refractivity contribution in [2.75, 3.05) is 13.1 Å². The molecule has 0 bridgehead atoms. The molecule has 1 saturated heterocycles. The summed E-state index contributed by atoms with van der Waals surface area (Å²) in [5, 5.41) is 0. The number of aryl methyl sites for hydroxylation is 1. The molecule has 26 heavy (non-hydrogen) atoms. The summed E-state index contributed by atoms with van der Waals surface area (Å²) in [6.07, 6.45) is 5.52. The van der Waals surface area contributed by atoms with Gasteiger partial charge in [0, 0.05) is 35.5 Å². The summed E-state index contributed by atoms with van der Waals surface area (Å²) in [4.78, 5) is 18.5. The first-order valence-electron chi connectivity index (χ1n) is 8.95. The molecule has 3 rings (SSSR count). The van der Waals surface area contributed by atoms with Gasteiger partial charge in [0.05, 0.1) is 18.4 Å². The lowest BCUT2D eigenvalue weighted by atomic mass is 10.1. The zero-order valence-electron chi connectivity index (χ0n) is 15.8. The summed E-state index contributed by atoms with van der Waals surface area (Å²) in [5.74, 6) is 0. The van der Waals surface area contributed by atoms with E-state index in [9.17, 15) is 4.79 Å². The number of amides is 1. The largest absolute Gasteiger partial charge is 0.444 e. The molecule has 3 heterocycles. The number of rotatable bonds is 3. The van der Waals surface area contributed by atoms with Crippen LogP contribution >= 0.6 is 15.9 Å². The van der Waals surface area contributed by atoms with Crippen LogP contribution in [0.4, 0.5) is 4.79 Å². The van der Waals surface area contributed by atoms with E-state index < -0.39 is 5.60 Å². The predicted octanol–water partition coefficient (Wildman–Crippen LogP) is 4.32. The van der Waals surface area contributed by atoms with Gasteiger partial charge in [-0.05, 0) is 46.6 Å². The van der Waals surface area contributed by atoms with Gasteiger partial charge in [0.2, 0.25) is 0 Å². The molecule has 0 atom stereocenters. The molecule has 0 unspecified atom stereocenters. The van der Waals surface area contributed by atoms with Crippen molar-refractivity contribution in [3.05, 3.63) is 34.2 Å². The number of ether oxygens (including phenoxy) is 2. The van der Waals surface area contributed by atoms with Crippen molar-refractivity contribution in [1.29, 1.82) is 0 Å². The van der Waals surface area contributed by atoms with E-state index in [2.05, 4.69) is 20.9 Å². The van der Waals surface area contributed by atoms with E-state index in [1.54, 1.807) is 4.90 Å². The standard InChI is InChI=1S/C19H26BrN3O3/c1-13-11-23-10-7-16(20)15(17(23)21-13)12-25-14-5-8-22(9-6-14)18(24)26-19(2,3)4/h7,10-11,14H,5-6,8-9,12H2,1-4H3. The highest BCUT2D eigenvalue weighted by Crippen LogP contribution is 2.25. The van der Waals surface area contributed by atoms with Gasteiger partial charge >= 0.3 is 6.09 Å². The highest BCUT2D eigenvalue weighted by Gasteiger charge is 2.27. The Morgan fingerprint density at radius 3 is 2.69 bits per heavy atom. The van der Waals surface area contributed by atoms with Gasteiger partial charge in [0.15, 0.2) is 0 Å². The van der Waals surface area contributed by atoms with Crippen molar-refractivity contribution in [2.45, 2.75) is 58.8 Å². The number of carbonyl (C=O) groups is 1. The number of hydrogen-bond acceptors (Lipinski definition) is 4. The summed E-state index contributed by atoms with van der Waals surface area (Å²) in [7, 11) is 0. The fourth-order valence-electron chi connectivity index (χ4n) is 3.07. The molecule has 2 aromatic rings. The van der Waals surface area contributed by atoms with Gasteiger partial charge in [-0.3, -0.25) is 0 Å². The molecule has 1 aliphatic rings. The molecule has 0 aromatic carbocycles. The Morgan fingerprint density at radius 2 is 2.04 bits per heavy atom. The number of carbonyl (C=O) groups excluding carboxylic acids is 1. The Kier molecular flexibility index (Phi) is 5.58. The summed E-state index contributed by atoms with van der Waals surface area (Å²) in [6, 6.07) is 2.01. The SMILES string of the molecule is Cc1cn2ccc(Br)c(COC3CCN(C(=O)OC(C)(C)C)CC3)c2n1. The van der Waals surface area contributed by atoms with Crippen LogP contribution in [-0.4, -0.2) is 45.2 Å². The normalized spacial score (nSPS) is 16.3. The molecule has 0 radical (unpaired) electrons. The van der Waals surface area contributed by atoms with Gasteiger partial charge in [-0.25, -0.2) is 9.78 Å². The summed E-state index contributed by atoms with van der Waals surface area (Å²) in [6.45, 7) is 9.46. The Balaban J connectivity index is 1.56. The van der Waals surface area contributed by atoms with Crippen LogP contribution in [0.2, 0.25) is 0 Å². The second kappa shape index (κ2) is 7.56. The monoisotopic (exact) mass is 423 g/mol. The summed E-state index contributed by atoms with van der Waals surface area (Å²) >= 11 is 3.61. The topological polar surface area (TPSA) is 56.1 Å². The van der Waals surface area contributed by atoms with Crippen LogP contribution in [0.3, 0.4) is 0 Å². The summed E-state index contributed by atoms with van der Waals surface area (Å²) in [5.41, 5.74) is 2.49. The van der Waals surface area contributed by atoms with Crippen LogP contribution in [0.25, 0.3) is 5.65 Å². The van der Waals surface area contributed by atoms with Crippen LogP contribution in [0.5, 0.6) is 0 Å². The quantitative estimate of drug-likeness (QED) is 0.737. The molecule has 142 valence electrons. The third-order valence-corrected chi connectivity index (χ3v) is 5.09. The van der Waals surface area contributed by atoms with E-state index in [1.807, 2.05) is 50.6 Å². The number of pyridine rings is 1. The zero-order valence-corrected chi connectivity index (χ0v) is 17.4. The first-order valence-corrected chi connectivity index (χ1v) is 9.74. The first kappa shape index (κ1) is 19.2. The molecular formula is C19H26BrN3O3. The van der Waals surface area contributed by atoms with Crippen LogP contribution in [0, 0.1) is 6.92 Å². The van der Waals surface area contributed by atoms with E-state index >= 15 is 0 Å². The van der Waals surface area contributed by atoms with E-state index in [-0.39, 0.29) is 12.2 Å². The van der Waals surface area contributed by atoms with Gasteiger partial charge in [0.25, 0.3) is 0 Å². The van der Waals surface area contributed by atoms with Gasteiger partial charge in [-0.2, -0.15) is 0 Å². The first-order chi connectivity index (χ1) is 12.2. The minimum atomic E-state index is -0.461. The summed E-state index contributed by atoms with van der Waals surface area (Å²) < 4.78 is 14.6. The lowest BCUT2D eigenvalue weighted by Crippen LogP contribution is -2.43. The lowest BCUT2D eigenvalue weighted by molar-refractivity contribution is -0.0169. The maximum atomic E-state index is 12.1. The Hall–Kier alpha value is -1.60. The van der Waals surface area contributed by atoms with Crippen LogP contribution < -0.4 is 0 Å². The van der Waals surface area contributed by atoms with Crippen molar-refractivity contribution in [2.24, 2.45) is 0 Å². The molecule has 0 aliphatic carbocycles. The van der Waals surface area contributed by atoms with Gasteiger partial charge in [-0.1, -0.05) is 15.9 Å². The number of aromatic nitrogens is 2. The maximum Gasteiger partial charge on any atom is 0.410 e. The van der Waals surface area contributed by atoms with E-state index in [0.29, 0.717) is 19.7 Å². The minimum absolute atomic E-state index is 0.136. The molecular weight excluding hydrogens is 398 g/mol. The number of piperidine rings is 1. The Labute approximate surface area is 162 Å². The number of hydrogen-bond donors (Lipinski definition) is 0. The second-order valence-corrected chi connectivity index (χ2v) is 8.59. The zero-order chi connectivity index (χ0) is 18.9. The molecule has 6 nitrogen and oxygen atoms in total. The fourth-order valence-corrected chi connectivity index (χ4v) is 3.48. The van der Waals surface area contributed by atoms with Gasteiger partial charge in [-0.15, -0.1) is 0 Å². The molecule has 1 fully saturated rings. The fraction of sp³-hybridized carbons (Fsp3) is 0.579. The van der Waals surface area contributed by atoms with E-state index in [4.69, 9.17) is 9.47 Å². The Morgan fingerprint density at radius 1 is 1.35 bits per heavy atom. The van der Waals surface area contributed by atoms with Crippen molar-refractivity contribution in [1.82, 2.24) is 14.3 Å². The third-order valence-electron chi connectivity index (χ3n) is 4.35. The molecule has 0 spiro atoms. The second-order valence-electron chi connectivity index (χ2n) is 7.73. The Bertz CT molecular complexity index is 789. The number of fused-ring (bicyclic) bond motifs is 1. The number of nitrogens with zero attached hydrogens (tertiary/aromatic N) is 3. The van der Waals surface area contributed by atoms with Crippen molar-refractivity contribution in [3.8, 4) is 0 Å². The molecule has 7 heteroatoms. The predicted molar refractivity (Wildman–Crippen MR) is 103 cm³/mol. The molecule has 1 amide bonds. The van der Waals surface area contributed by atoms with Crippen LogP contribution in [0.15, 0.2) is 22.9 Å². The number of imidazole rings is 1. The van der Waals surface area contributed by atoms with Crippen molar-refractivity contribution < 1.29 is 14.3 Å². The van der Waals surface area contributed by atoms with Gasteiger partial charge < -0.3 is 18.8 Å². The average Bonchev–Trinajstić information content (AvgIpc) is 2.93. The van der Waals surface area contributed by atoms with Crippen LogP contribution in [0.1, 0.15) is 44.9 Å². The molecule has 0 N–H and O–H groups in total. The molecule has 0 saturated carbocycles. The molecule has 2 aromatic heterocycles. The highest BCUT2D eigenvalue weighted by atomic mass is 79.9. The van der Waals surface area contributed by atoms with Crippen molar-refractivity contribution >= 4 is 27.7 Å². The minimum Gasteiger partial charge on any atom is -0.444 e. The van der Waals surface area contributed by atoms with E-state index in [0.717, 1.165) is 34.2 Å². The average molecular weight is 424 g/mol. The number of likely N-dealkylation sites (tertiary alicyclic amines) is 1. The maximum absolute atomic E-state index is 12.1. The number of halogens is 1. The lowest BCUT2D eigenvalue weighted by Gasteiger charge is -2.33. The smallest absolute Gasteiger partial charge is 0.410 e. The third kappa shape index (κ3) is 4.57. The van der Waals surface area contributed by atoms with Crippen molar-refractivity contribution in [3.63, 3.8) is 0 Å². The van der Waals surface area contributed by atoms with E-state index in [1.165, 1.54) is 0 Å². The molecule has 1 aliphatic heterocycles. The highest BCUT2D eigenvalue weighted by molar-refractivity contribution is 9.10. The van der Waals surface area contributed by atoms with Crippen LogP contribution in [-0.2, 0) is 16.1 Å².